The molecular formula is C13H10BrN3O. The van der Waals surface area contributed by atoms with Gasteiger partial charge in [-0.3, -0.25) is 4.79 Å². The molecule has 0 radical (unpaired) electrons. The number of halogens is 1. The minimum atomic E-state index is -0.0471. The number of fused-ring (bicyclic) bond motifs is 3. The SMILES string of the molecule is N#Cc1cc(Br)c2c(c1)cc1n2CCCNC1=O. The molecule has 1 aliphatic rings. The molecule has 0 fully saturated rings. The molecule has 1 aromatic heterocycles. The van der Waals surface area contributed by atoms with Crippen molar-refractivity contribution in [3.8, 4) is 6.07 Å². The van der Waals surface area contributed by atoms with Gasteiger partial charge in [0, 0.05) is 22.9 Å². The van der Waals surface area contributed by atoms with E-state index < -0.39 is 0 Å². The zero-order valence-electron chi connectivity index (χ0n) is 9.53. The monoisotopic (exact) mass is 303 g/mol. The molecule has 2 heterocycles. The summed E-state index contributed by atoms with van der Waals surface area (Å²) in [5.74, 6) is -0.0471. The van der Waals surface area contributed by atoms with Crippen LogP contribution in [0.25, 0.3) is 10.9 Å². The highest BCUT2D eigenvalue weighted by molar-refractivity contribution is 9.10. The summed E-state index contributed by atoms with van der Waals surface area (Å²) in [5, 5.41) is 12.8. The maximum Gasteiger partial charge on any atom is 0.267 e. The van der Waals surface area contributed by atoms with Gasteiger partial charge in [-0.1, -0.05) is 0 Å². The summed E-state index contributed by atoms with van der Waals surface area (Å²) in [4.78, 5) is 11.9. The second kappa shape index (κ2) is 4.14. The van der Waals surface area contributed by atoms with Gasteiger partial charge in [0.2, 0.25) is 0 Å². The van der Waals surface area contributed by atoms with E-state index in [1.807, 2.05) is 16.7 Å². The molecule has 0 saturated heterocycles. The van der Waals surface area contributed by atoms with Crippen LogP contribution in [0.4, 0.5) is 0 Å². The first-order valence-electron chi connectivity index (χ1n) is 5.72. The molecule has 0 spiro atoms. The molecule has 0 bridgehead atoms. The molecule has 1 N–H and O–H groups in total. The van der Waals surface area contributed by atoms with E-state index in [9.17, 15) is 4.79 Å². The van der Waals surface area contributed by atoms with Gasteiger partial charge in [-0.2, -0.15) is 5.26 Å². The van der Waals surface area contributed by atoms with Gasteiger partial charge in [0.25, 0.3) is 5.91 Å². The van der Waals surface area contributed by atoms with Crippen molar-refractivity contribution in [2.45, 2.75) is 13.0 Å². The lowest BCUT2D eigenvalue weighted by molar-refractivity contribution is 0.0951. The molecular weight excluding hydrogens is 294 g/mol. The largest absolute Gasteiger partial charge is 0.351 e. The van der Waals surface area contributed by atoms with Crippen molar-refractivity contribution < 1.29 is 4.79 Å². The molecule has 0 saturated carbocycles. The Labute approximate surface area is 112 Å². The van der Waals surface area contributed by atoms with Crippen molar-refractivity contribution in [1.29, 1.82) is 5.26 Å². The van der Waals surface area contributed by atoms with Crippen LogP contribution in [0, 0.1) is 11.3 Å². The Balaban J connectivity index is 2.34. The lowest BCUT2D eigenvalue weighted by atomic mass is 10.2. The lowest BCUT2D eigenvalue weighted by Gasteiger charge is -2.06. The molecule has 1 aliphatic heterocycles. The van der Waals surface area contributed by atoms with E-state index in [0.29, 0.717) is 17.8 Å². The number of carbonyl (C=O) groups is 1. The number of aromatic nitrogens is 1. The van der Waals surface area contributed by atoms with Crippen molar-refractivity contribution in [1.82, 2.24) is 9.88 Å². The highest BCUT2D eigenvalue weighted by Gasteiger charge is 2.19. The number of nitrogens with zero attached hydrogens (tertiary/aromatic N) is 2. The number of nitriles is 1. The van der Waals surface area contributed by atoms with Crippen LogP contribution in [0.2, 0.25) is 0 Å². The lowest BCUT2D eigenvalue weighted by Crippen LogP contribution is -2.22. The molecule has 4 nitrogen and oxygen atoms in total. The van der Waals surface area contributed by atoms with Crippen LogP contribution in [0.1, 0.15) is 22.5 Å². The van der Waals surface area contributed by atoms with E-state index in [1.54, 1.807) is 6.07 Å². The minimum Gasteiger partial charge on any atom is -0.351 e. The van der Waals surface area contributed by atoms with Crippen LogP contribution in [0.3, 0.4) is 0 Å². The number of hydrogen-bond acceptors (Lipinski definition) is 2. The van der Waals surface area contributed by atoms with Crippen molar-refractivity contribution >= 4 is 32.7 Å². The van der Waals surface area contributed by atoms with E-state index in [1.165, 1.54) is 0 Å². The van der Waals surface area contributed by atoms with Crippen LogP contribution in [0.5, 0.6) is 0 Å². The van der Waals surface area contributed by atoms with E-state index in [4.69, 9.17) is 5.26 Å². The Morgan fingerprint density at radius 2 is 2.22 bits per heavy atom. The number of hydrogen-bond donors (Lipinski definition) is 1. The quantitative estimate of drug-likeness (QED) is 0.812. The second-order valence-corrected chi connectivity index (χ2v) is 5.15. The summed E-state index contributed by atoms with van der Waals surface area (Å²) < 4.78 is 2.88. The first kappa shape index (κ1) is 11.3. The van der Waals surface area contributed by atoms with Gasteiger partial charge < -0.3 is 9.88 Å². The molecule has 2 aromatic rings. The average Bonchev–Trinajstić information content (AvgIpc) is 2.64. The molecule has 90 valence electrons. The van der Waals surface area contributed by atoms with Gasteiger partial charge in [0.1, 0.15) is 5.69 Å². The zero-order chi connectivity index (χ0) is 12.7. The molecule has 1 amide bonds. The van der Waals surface area contributed by atoms with E-state index in [2.05, 4.69) is 27.3 Å². The maximum atomic E-state index is 11.9. The fourth-order valence-corrected chi connectivity index (χ4v) is 3.06. The molecule has 0 atom stereocenters. The first-order chi connectivity index (χ1) is 8.70. The third-order valence-corrected chi connectivity index (χ3v) is 3.76. The third-order valence-electron chi connectivity index (χ3n) is 3.15. The summed E-state index contributed by atoms with van der Waals surface area (Å²) in [6, 6.07) is 7.58. The topological polar surface area (TPSA) is 57.8 Å². The second-order valence-electron chi connectivity index (χ2n) is 4.30. The van der Waals surface area contributed by atoms with Gasteiger partial charge in [0.05, 0.1) is 17.1 Å². The fraction of sp³-hybridized carbons (Fsp3) is 0.231. The van der Waals surface area contributed by atoms with Crippen molar-refractivity contribution in [2.24, 2.45) is 0 Å². The van der Waals surface area contributed by atoms with E-state index >= 15 is 0 Å². The highest BCUT2D eigenvalue weighted by Crippen LogP contribution is 2.30. The first-order valence-corrected chi connectivity index (χ1v) is 6.51. The van der Waals surface area contributed by atoms with Crippen LogP contribution < -0.4 is 5.32 Å². The average molecular weight is 304 g/mol. The van der Waals surface area contributed by atoms with Gasteiger partial charge in [-0.15, -0.1) is 0 Å². The highest BCUT2D eigenvalue weighted by atomic mass is 79.9. The number of rotatable bonds is 0. The predicted molar refractivity (Wildman–Crippen MR) is 71.3 cm³/mol. The normalized spacial score (nSPS) is 14.8. The van der Waals surface area contributed by atoms with Gasteiger partial charge >= 0.3 is 0 Å². The van der Waals surface area contributed by atoms with Crippen molar-refractivity contribution in [3.63, 3.8) is 0 Å². The molecule has 1 aromatic carbocycles. The number of benzene rings is 1. The van der Waals surface area contributed by atoms with Crippen molar-refractivity contribution in [3.05, 3.63) is 33.9 Å². The Morgan fingerprint density at radius 3 is 3.00 bits per heavy atom. The molecule has 0 unspecified atom stereocenters. The Kier molecular flexibility index (Phi) is 2.60. The van der Waals surface area contributed by atoms with Crippen LogP contribution >= 0.6 is 15.9 Å². The Hall–Kier alpha value is -1.80. The van der Waals surface area contributed by atoms with Gasteiger partial charge in [-0.05, 0) is 40.5 Å². The van der Waals surface area contributed by atoms with Crippen LogP contribution in [0.15, 0.2) is 22.7 Å². The molecule has 18 heavy (non-hydrogen) atoms. The number of amides is 1. The van der Waals surface area contributed by atoms with Crippen LogP contribution in [-0.2, 0) is 6.54 Å². The van der Waals surface area contributed by atoms with Gasteiger partial charge in [0.15, 0.2) is 0 Å². The summed E-state index contributed by atoms with van der Waals surface area (Å²) in [6.45, 7) is 1.51. The van der Waals surface area contributed by atoms with Crippen LogP contribution in [-0.4, -0.2) is 17.0 Å². The Bertz CT molecular complexity index is 696. The number of aryl methyl sites for hydroxylation is 1. The van der Waals surface area contributed by atoms with E-state index in [0.717, 1.165) is 28.3 Å². The summed E-state index contributed by atoms with van der Waals surface area (Å²) >= 11 is 3.49. The standard InChI is InChI=1S/C13H10BrN3O/c14-10-5-8(7-15)4-9-6-11-13(18)16-2-1-3-17(11)12(9)10/h4-6H,1-3H2,(H,16,18). The zero-order valence-corrected chi connectivity index (χ0v) is 11.1. The molecule has 3 rings (SSSR count). The predicted octanol–water partition coefficient (Wildman–Crippen LogP) is 2.41. The molecule has 5 heteroatoms. The van der Waals surface area contributed by atoms with E-state index in [-0.39, 0.29) is 5.91 Å². The Morgan fingerprint density at radius 1 is 1.39 bits per heavy atom. The summed E-state index contributed by atoms with van der Waals surface area (Å²) in [7, 11) is 0. The summed E-state index contributed by atoms with van der Waals surface area (Å²) in [6.07, 6.45) is 0.912. The number of carbonyl (C=O) groups excluding carboxylic acids is 1. The maximum absolute atomic E-state index is 11.9. The minimum absolute atomic E-state index is 0.0471. The van der Waals surface area contributed by atoms with Gasteiger partial charge in [-0.25, -0.2) is 0 Å². The van der Waals surface area contributed by atoms with Crippen molar-refractivity contribution in [2.75, 3.05) is 6.54 Å². The third kappa shape index (κ3) is 1.61. The summed E-state index contributed by atoms with van der Waals surface area (Å²) in [5.41, 5.74) is 2.25. The fourth-order valence-electron chi connectivity index (χ4n) is 2.38. The number of nitrogens with one attached hydrogen (secondary N) is 1. The molecule has 0 aliphatic carbocycles. The smallest absolute Gasteiger partial charge is 0.267 e.